The van der Waals surface area contributed by atoms with Crippen LogP contribution in [-0.4, -0.2) is 28.4 Å². The van der Waals surface area contributed by atoms with E-state index >= 15 is 0 Å². The third kappa shape index (κ3) is 2.50. The van der Waals surface area contributed by atoms with Gasteiger partial charge in [0, 0.05) is 28.4 Å². The number of carbonyl (C=O) groups is 1. The van der Waals surface area contributed by atoms with Crippen molar-refractivity contribution in [1.82, 2.24) is 0 Å². The summed E-state index contributed by atoms with van der Waals surface area (Å²) < 4.78 is 0. The first kappa shape index (κ1) is 13.6. The Kier molecular flexibility index (Phi) is 3.39. The lowest BCUT2D eigenvalue weighted by atomic mass is 10.1. The van der Waals surface area contributed by atoms with Crippen LogP contribution in [0.5, 0.6) is 11.5 Å². The Morgan fingerprint density at radius 3 is 2.71 bits per heavy atom. The van der Waals surface area contributed by atoms with E-state index in [9.17, 15) is 15.0 Å². The number of phenolic OH excluding ortho intramolecular Hbond substituents is 2. The van der Waals surface area contributed by atoms with Crippen molar-refractivity contribution in [2.75, 3.05) is 22.9 Å². The van der Waals surface area contributed by atoms with Crippen molar-refractivity contribution in [2.24, 2.45) is 0 Å². The van der Waals surface area contributed by atoms with Gasteiger partial charge in [0.2, 0.25) is 0 Å². The topological polar surface area (TPSA) is 86.8 Å². The zero-order valence-corrected chi connectivity index (χ0v) is 11.9. The SMILES string of the molecule is Nc1ccc2c(c1)N(C(=O)c1ccc(O)c(O)c1)CCS2. The van der Waals surface area contributed by atoms with Gasteiger partial charge in [0.15, 0.2) is 11.5 Å². The summed E-state index contributed by atoms with van der Waals surface area (Å²) in [4.78, 5) is 15.3. The second-order valence-electron chi connectivity index (χ2n) is 4.74. The molecule has 1 aliphatic rings. The van der Waals surface area contributed by atoms with E-state index in [1.165, 1.54) is 18.2 Å². The second-order valence-corrected chi connectivity index (χ2v) is 5.87. The van der Waals surface area contributed by atoms with Crippen molar-refractivity contribution >= 4 is 29.0 Å². The molecule has 1 amide bonds. The first-order chi connectivity index (χ1) is 10.1. The number of thioether (sulfide) groups is 1. The number of amides is 1. The molecular weight excluding hydrogens is 288 g/mol. The largest absolute Gasteiger partial charge is 0.504 e. The van der Waals surface area contributed by atoms with Crippen LogP contribution in [0.25, 0.3) is 0 Å². The highest BCUT2D eigenvalue weighted by Gasteiger charge is 2.24. The molecule has 0 saturated heterocycles. The van der Waals surface area contributed by atoms with Crippen molar-refractivity contribution in [3.8, 4) is 11.5 Å². The number of phenols is 2. The summed E-state index contributed by atoms with van der Waals surface area (Å²) in [6.45, 7) is 0.571. The van der Waals surface area contributed by atoms with Gasteiger partial charge in [0.1, 0.15) is 0 Å². The van der Waals surface area contributed by atoms with E-state index in [-0.39, 0.29) is 17.4 Å². The maximum absolute atomic E-state index is 12.6. The van der Waals surface area contributed by atoms with E-state index in [2.05, 4.69) is 0 Å². The third-order valence-corrected chi connectivity index (χ3v) is 4.36. The molecule has 0 aliphatic carbocycles. The Hall–Kier alpha value is -2.34. The van der Waals surface area contributed by atoms with Crippen LogP contribution in [0.15, 0.2) is 41.3 Å². The fraction of sp³-hybridized carbons (Fsp3) is 0.133. The van der Waals surface area contributed by atoms with Gasteiger partial charge in [-0.05, 0) is 36.4 Å². The number of anilines is 2. The summed E-state index contributed by atoms with van der Waals surface area (Å²) in [6.07, 6.45) is 0. The minimum Gasteiger partial charge on any atom is -0.504 e. The Morgan fingerprint density at radius 2 is 1.95 bits per heavy atom. The zero-order valence-electron chi connectivity index (χ0n) is 11.1. The minimum absolute atomic E-state index is 0.225. The number of fused-ring (bicyclic) bond motifs is 1. The van der Waals surface area contributed by atoms with Crippen molar-refractivity contribution < 1.29 is 15.0 Å². The molecule has 108 valence electrons. The van der Waals surface area contributed by atoms with Gasteiger partial charge in [-0.25, -0.2) is 0 Å². The second kappa shape index (κ2) is 5.21. The van der Waals surface area contributed by atoms with Crippen LogP contribution in [0.2, 0.25) is 0 Å². The average Bonchev–Trinajstić information content (AvgIpc) is 2.48. The predicted molar refractivity (Wildman–Crippen MR) is 83.0 cm³/mol. The van der Waals surface area contributed by atoms with Gasteiger partial charge < -0.3 is 20.8 Å². The molecule has 0 spiro atoms. The standard InChI is InChI=1S/C15H14N2O3S/c16-10-2-4-14-11(8-10)17(5-6-21-14)15(20)9-1-3-12(18)13(19)7-9/h1-4,7-8,18-19H,5-6,16H2. The van der Waals surface area contributed by atoms with Crippen LogP contribution in [0.1, 0.15) is 10.4 Å². The highest BCUT2D eigenvalue weighted by atomic mass is 32.2. The molecule has 4 N–H and O–H groups in total. The van der Waals surface area contributed by atoms with Crippen molar-refractivity contribution in [3.05, 3.63) is 42.0 Å². The quantitative estimate of drug-likeness (QED) is 0.556. The fourth-order valence-corrected chi connectivity index (χ4v) is 3.23. The molecule has 2 aromatic carbocycles. The number of carbonyl (C=O) groups excluding carboxylic acids is 1. The zero-order chi connectivity index (χ0) is 15.0. The van der Waals surface area contributed by atoms with Crippen LogP contribution in [0.4, 0.5) is 11.4 Å². The van der Waals surface area contributed by atoms with Gasteiger partial charge in [0.25, 0.3) is 5.91 Å². The number of benzene rings is 2. The van der Waals surface area contributed by atoms with E-state index in [0.29, 0.717) is 17.8 Å². The van der Waals surface area contributed by atoms with Crippen LogP contribution >= 0.6 is 11.8 Å². The van der Waals surface area contributed by atoms with Gasteiger partial charge in [0.05, 0.1) is 5.69 Å². The lowest BCUT2D eigenvalue weighted by molar-refractivity contribution is 0.0987. The smallest absolute Gasteiger partial charge is 0.258 e. The van der Waals surface area contributed by atoms with Gasteiger partial charge in [-0.2, -0.15) is 0 Å². The summed E-state index contributed by atoms with van der Waals surface area (Å²) in [7, 11) is 0. The number of hydrogen-bond acceptors (Lipinski definition) is 5. The van der Waals surface area contributed by atoms with E-state index in [0.717, 1.165) is 16.3 Å². The molecule has 0 bridgehead atoms. The molecule has 0 atom stereocenters. The monoisotopic (exact) mass is 302 g/mol. The molecule has 1 aliphatic heterocycles. The Bertz CT molecular complexity index is 718. The van der Waals surface area contributed by atoms with Crippen LogP contribution in [0.3, 0.4) is 0 Å². The number of rotatable bonds is 1. The van der Waals surface area contributed by atoms with E-state index < -0.39 is 0 Å². The molecule has 3 rings (SSSR count). The first-order valence-corrected chi connectivity index (χ1v) is 7.41. The molecule has 0 fully saturated rings. The number of nitrogens with zero attached hydrogens (tertiary/aromatic N) is 1. The van der Waals surface area contributed by atoms with Crippen molar-refractivity contribution in [1.29, 1.82) is 0 Å². The first-order valence-electron chi connectivity index (χ1n) is 6.42. The average molecular weight is 302 g/mol. The molecule has 0 saturated carbocycles. The number of nitrogen functional groups attached to an aromatic ring is 1. The van der Waals surface area contributed by atoms with Crippen LogP contribution < -0.4 is 10.6 Å². The van der Waals surface area contributed by atoms with Gasteiger partial charge in [-0.15, -0.1) is 11.8 Å². The maximum atomic E-state index is 12.6. The third-order valence-electron chi connectivity index (χ3n) is 3.31. The highest BCUT2D eigenvalue weighted by Crippen LogP contribution is 2.37. The van der Waals surface area contributed by atoms with Crippen molar-refractivity contribution in [3.63, 3.8) is 0 Å². The molecule has 1 heterocycles. The number of nitrogens with two attached hydrogens (primary N) is 1. The predicted octanol–water partition coefficient (Wildman–Crippen LogP) is 2.43. The molecule has 0 unspecified atom stereocenters. The minimum atomic E-state index is -0.306. The lowest BCUT2D eigenvalue weighted by Crippen LogP contribution is -2.35. The number of aromatic hydroxyl groups is 2. The maximum Gasteiger partial charge on any atom is 0.258 e. The molecule has 6 heteroatoms. The normalized spacial score (nSPS) is 13.8. The molecule has 2 aromatic rings. The van der Waals surface area contributed by atoms with Gasteiger partial charge in [-0.1, -0.05) is 0 Å². The summed E-state index contributed by atoms with van der Waals surface area (Å²) >= 11 is 1.68. The molecular formula is C15H14N2O3S. The van der Waals surface area contributed by atoms with Gasteiger partial charge >= 0.3 is 0 Å². The Balaban J connectivity index is 1.99. The van der Waals surface area contributed by atoms with Crippen LogP contribution in [0, 0.1) is 0 Å². The molecule has 0 radical (unpaired) electrons. The van der Waals surface area contributed by atoms with E-state index in [4.69, 9.17) is 5.73 Å². The molecule has 5 nitrogen and oxygen atoms in total. The van der Waals surface area contributed by atoms with E-state index in [1.54, 1.807) is 22.7 Å². The fourth-order valence-electron chi connectivity index (χ4n) is 2.26. The number of hydrogen-bond donors (Lipinski definition) is 3. The van der Waals surface area contributed by atoms with Crippen LogP contribution in [-0.2, 0) is 0 Å². The summed E-state index contributed by atoms with van der Waals surface area (Å²) in [5, 5.41) is 18.9. The Labute approximate surface area is 126 Å². The highest BCUT2D eigenvalue weighted by molar-refractivity contribution is 7.99. The van der Waals surface area contributed by atoms with Crippen molar-refractivity contribution in [2.45, 2.75) is 4.90 Å². The Morgan fingerprint density at radius 1 is 1.14 bits per heavy atom. The lowest BCUT2D eigenvalue weighted by Gasteiger charge is -2.29. The van der Waals surface area contributed by atoms with Gasteiger partial charge in [-0.3, -0.25) is 4.79 Å². The molecule has 0 aromatic heterocycles. The summed E-state index contributed by atoms with van der Waals surface area (Å²) in [5.41, 5.74) is 7.51. The summed E-state index contributed by atoms with van der Waals surface area (Å²) in [6, 6.07) is 9.56. The molecule has 21 heavy (non-hydrogen) atoms. The summed E-state index contributed by atoms with van der Waals surface area (Å²) in [5.74, 6) is 0.0232. The van der Waals surface area contributed by atoms with E-state index in [1.807, 2.05) is 12.1 Å².